The number of benzene rings is 2. The number of rotatable bonds is 6. The second kappa shape index (κ2) is 6.91. The monoisotopic (exact) mass is 313 g/mol. The van der Waals surface area contributed by atoms with Crippen LogP contribution in [0.5, 0.6) is 5.75 Å². The topological polar surface area (TPSA) is 67.0 Å². The van der Waals surface area contributed by atoms with E-state index in [2.05, 4.69) is 15.3 Å². The van der Waals surface area contributed by atoms with Crippen LogP contribution in [0.2, 0.25) is 0 Å². The van der Waals surface area contributed by atoms with Crippen LogP contribution < -0.4 is 10.1 Å². The number of halogens is 1. The van der Waals surface area contributed by atoms with E-state index in [1.165, 1.54) is 6.07 Å². The predicted molar refractivity (Wildman–Crippen MR) is 84.9 cm³/mol. The Morgan fingerprint density at radius 3 is 3.00 bits per heavy atom. The van der Waals surface area contributed by atoms with Crippen LogP contribution in [-0.4, -0.2) is 29.0 Å². The van der Waals surface area contributed by atoms with E-state index < -0.39 is 0 Å². The summed E-state index contributed by atoms with van der Waals surface area (Å²) in [4.78, 5) is 19.1. The number of nitrogens with zero attached hydrogens (tertiary/aromatic N) is 1. The van der Waals surface area contributed by atoms with Crippen LogP contribution in [0, 0.1) is 5.82 Å². The molecule has 3 aromatic rings. The number of carbonyl (C=O) groups is 1. The van der Waals surface area contributed by atoms with E-state index in [4.69, 9.17) is 4.74 Å². The van der Waals surface area contributed by atoms with Gasteiger partial charge in [0.05, 0.1) is 24.0 Å². The average Bonchev–Trinajstić information content (AvgIpc) is 3.03. The number of carbonyl (C=O) groups excluding carboxylic acids is 1. The SMILES string of the molecule is O=C(NCCCOc1ccccc1F)c1ccc2nc[nH]c2c1. The van der Waals surface area contributed by atoms with Crippen molar-refractivity contribution >= 4 is 16.9 Å². The molecular formula is C17H16FN3O2. The normalized spacial score (nSPS) is 10.7. The van der Waals surface area contributed by atoms with Crippen LogP contribution in [0.25, 0.3) is 11.0 Å². The predicted octanol–water partition coefficient (Wildman–Crippen LogP) is 2.90. The van der Waals surface area contributed by atoms with Crippen LogP contribution in [0.4, 0.5) is 4.39 Å². The maximum Gasteiger partial charge on any atom is 0.251 e. The minimum Gasteiger partial charge on any atom is -0.490 e. The van der Waals surface area contributed by atoms with E-state index in [-0.39, 0.29) is 17.5 Å². The second-order valence-electron chi connectivity index (χ2n) is 5.02. The van der Waals surface area contributed by atoms with Gasteiger partial charge in [-0.2, -0.15) is 0 Å². The molecule has 2 aromatic carbocycles. The second-order valence-corrected chi connectivity index (χ2v) is 5.02. The zero-order chi connectivity index (χ0) is 16.1. The third kappa shape index (κ3) is 3.66. The molecule has 0 radical (unpaired) electrons. The highest BCUT2D eigenvalue weighted by Crippen LogP contribution is 2.15. The fourth-order valence-electron chi connectivity index (χ4n) is 2.20. The first kappa shape index (κ1) is 15.0. The average molecular weight is 313 g/mol. The molecule has 5 nitrogen and oxygen atoms in total. The maximum absolute atomic E-state index is 13.3. The third-order valence-corrected chi connectivity index (χ3v) is 3.38. The molecule has 0 aliphatic rings. The molecule has 0 aliphatic heterocycles. The number of ether oxygens (including phenoxy) is 1. The summed E-state index contributed by atoms with van der Waals surface area (Å²) in [5.41, 5.74) is 2.21. The molecule has 1 heterocycles. The summed E-state index contributed by atoms with van der Waals surface area (Å²) >= 11 is 0. The number of hydrogen-bond acceptors (Lipinski definition) is 3. The summed E-state index contributed by atoms with van der Waals surface area (Å²) in [6, 6.07) is 11.5. The lowest BCUT2D eigenvalue weighted by atomic mass is 10.2. The first-order valence-corrected chi connectivity index (χ1v) is 7.33. The molecule has 0 fully saturated rings. The highest BCUT2D eigenvalue weighted by molar-refractivity contribution is 5.97. The molecule has 1 amide bonds. The van der Waals surface area contributed by atoms with Gasteiger partial charge in [-0.05, 0) is 36.8 Å². The van der Waals surface area contributed by atoms with Crippen molar-refractivity contribution in [1.82, 2.24) is 15.3 Å². The van der Waals surface area contributed by atoms with Gasteiger partial charge in [0.2, 0.25) is 0 Å². The van der Waals surface area contributed by atoms with Crippen molar-refractivity contribution in [3.63, 3.8) is 0 Å². The van der Waals surface area contributed by atoms with E-state index in [0.717, 1.165) is 11.0 Å². The summed E-state index contributed by atoms with van der Waals surface area (Å²) in [7, 11) is 0. The Morgan fingerprint density at radius 2 is 2.13 bits per heavy atom. The number of nitrogens with one attached hydrogen (secondary N) is 2. The van der Waals surface area contributed by atoms with Crippen molar-refractivity contribution in [1.29, 1.82) is 0 Å². The number of aromatic nitrogens is 2. The first-order chi connectivity index (χ1) is 11.2. The fourth-order valence-corrected chi connectivity index (χ4v) is 2.20. The lowest BCUT2D eigenvalue weighted by Crippen LogP contribution is -2.25. The molecule has 6 heteroatoms. The van der Waals surface area contributed by atoms with Crippen molar-refractivity contribution in [2.24, 2.45) is 0 Å². The number of hydrogen-bond donors (Lipinski definition) is 2. The van der Waals surface area contributed by atoms with Gasteiger partial charge in [-0.3, -0.25) is 4.79 Å². The van der Waals surface area contributed by atoms with Crippen LogP contribution in [0.15, 0.2) is 48.8 Å². The number of para-hydroxylation sites is 1. The van der Waals surface area contributed by atoms with Gasteiger partial charge in [0, 0.05) is 12.1 Å². The van der Waals surface area contributed by atoms with Crippen LogP contribution in [-0.2, 0) is 0 Å². The number of aromatic amines is 1. The summed E-state index contributed by atoms with van der Waals surface area (Å²) in [5.74, 6) is -0.319. The number of imidazole rings is 1. The molecule has 2 N–H and O–H groups in total. The van der Waals surface area contributed by atoms with Crippen LogP contribution in [0.3, 0.4) is 0 Å². The maximum atomic E-state index is 13.3. The molecule has 118 valence electrons. The molecule has 1 aromatic heterocycles. The smallest absolute Gasteiger partial charge is 0.251 e. The lowest BCUT2D eigenvalue weighted by Gasteiger charge is -2.08. The first-order valence-electron chi connectivity index (χ1n) is 7.33. The summed E-state index contributed by atoms with van der Waals surface area (Å²) in [6.07, 6.45) is 2.18. The van der Waals surface area contributed by atoms with E-state index in [1.807, 2.05) is 0 Å². The van der Waals surface area contributed by atoms with Crippen molar-refractivity contribution in [3.8, 4) is 5.75 Å². The summed E-state index contributed by atoms with van der Waals surface area (Å²) in [6.45, 7) is 0.787. The van der Waals surface area contributed by atoms with Crippen molar-refractivity contribution < 1.29 is 13.9 Å². The molecule has 0 spiro atoms. The van der Waals surface area contributed by atoms with E-state index in [1.54, 1.807) is 42.7 Å². The molecule has 0 bridgehead atoms. The van der Waals surface area contributed by atoms with E-state index in [9.17, 15) is 9.18 Å². The molecule has 0 atom stereocenters. The van der Waals surface area contributed by atoms with Gasteiger partial charge in [0.1, 0.15) is 0 Å². The molecule has 0 saturated heterocycles. The zero-order valence-electron chi connectivity index (χ0n) is 12.4. The molecule has 3 rings (SSSR count). The molecule has 0 aliphatic carbocycles. The molecule has 0 unspecified atom stereocenters. The quantitative estimate of drug-likeness (QED) is 0.688. The van der Waals surface area contributed by atoms with Crippen molar-refractivity contribution in [2.45, 2.75) is 6.42 Å². The minimum absolute atomic E-state index is 0.160. The van der Waals surface area contributed by atoms with Gasteiger partial charge in [-0.25, -0.2) is 9.37 Å². The highest BCUT2D eigenvalue weighted by atomic mass is 19.1. The van der Waals surface area contributed by atoms with Gasteiger partial charge < -0.3 is 15.0 Å². The van der Waals surface area contributed by atoms with Crippen molar-refractivity contribution in [2.75, 3.05) is 13.2 Å². The number of H-pyrrole nitrogens is 1. The fraction of sp³-hybridized carbons (Fsp3) is 0.176. The Balaban J connectivity index is 1.45. The van der Waals surface area contributed by atoms with Gasteiger partial charge >= 0.3 is 0 Å². The Hall–Kier alpha value is -2.89. The van der Waals surface area contributed by atoms with Gasteiger partial charge in [0.15, 0.2) is 11.6 Å². The van der Waals surface area contributed by atoms with Gasteiger partial charge in [-0.15, -0.1) is 0 Å². The third-order valence-electron chi connectivity index (χ3n) is 3.38. The Kier molecular flexibility index (Phi) is 4.52. The molecule has 0 saturated carbocycles. The highest BCUT2D eigenvalue weighted by Gasteiger charge is 2.07. The number of amides is 1. The summed E-state index contributed by atoms with van der Waals surface area (Å²) in [5, 5.41) is 2.81. The standard InChI is InChI=1S/C17H16FN3O2/c18-13-4-1-2-5-16(13)23-9-3-8-19-17(22)12-6-7-14-15(10-12)21-11-20-14/h1-2,4-7,10-11H,3,8-9H2,(H,19,22)(H,20,21). The Labute approximate surface area is 132 Å². The Morgan fingerprint density at radius 1 is 1.26 bits per heavy atom. The molecular weight excluding hydrogens is 297 g/mol. The minimum atomic E-state index is -0.385. The molecule has 23 heavy (non-hydrogen) atoms. The summed E-state index contributed by atoms with van der Waals surface area (Å²) < 4.78 is 18.7. The van der Waals surface area contributed by atoms with Gasteiger partial charge in [0.25, 0.3) is 5.91 Å². The Bertz CT molecular complexity index is 816. The number of fused-ring (bicyclic) bond motifs is 1. The van der Waals surface area contributed by atoms with E-state index >= 15 is 0 Å². The van der Waals surface area contributed by atoms with Gasteiger partial charge in [-0.1, -0.05) is 12.1 Å². The largest absolute Gasteiger partial charge is 0.490 e. The van der Waals surface area contributed by atoms with Crippen LogP contribution in [0.1, 0.15) is 16.8 Å². The zero-order valence-corrected chi connectivity index (χ0v) is 12.4. The van der Waals surface area contributed by atoms with Crippen molar-refractivity contribution in [3.05, 3.63) is 60.2 Å². The lowest BCUT2D eigenvalue weighted by molar-refractivity contribution is 0.0951. The van der Waals surface area contributed by atoms with E-state index in [0.29, 0.717) is 25.1 Å². The van der Waals surface area contributed by atoms with Crippen LogP contribution >= 0.6 is 0 Å².